The van der Waals surface area contributed by atoms with Gasteiger partial charge >= 0.3 is 0 Å². The Bertz CT molecular complexity index is 126. The molecule has 0 radical (unpaired) electrons. The van der Waals surface area contributed by atoms with E-state index in [9.17, 15) is 10.2 Å². The quantitative estimate of drug-likeness (QED) is 0.477. The lowest BCUT2D eigenvalue weighted by atomic mass is 10.0. The largest absolute Gasteiger partial charge is 0.394 e. The SMILES string of the molecule is CO[C@H]1O[C@H](CO)[C@H](O)C[C@@H]1O. The van der Waals surface area contributed by atoms with E-state index >= 15 is 0 Å². The molecule has 12 heavy (non-hydrogen) atoms. The van der Waals surface area contributed by atoms with Crippen LogP contribution in [0.15, 0.2) is 0 Å². The van der Waals surface area contributed by atoms with E-state index in [-0.39, 0.29) is 13.0 Å². The fourth-order valence-electron chi connectivity index (χ4n) is 1.24. The molecule has 1 aliphatic heterocycles. The number of aliphatic hydroxyl groups excluding tert-OH is 3. The second-order valence-electron chi connectivity index (χ2n) is 2.83. The fraction of sp³-hybridized carbons (Fsp3) is 1.00. The Morgan fingerprint density at radius 1 is 1.42 bits per heavy atom. The molecule has 0 aromatic rings. The molecule has 0 aromatic heterocycles. The van der Waals surface area contributed by atoms with Gasteiger partial charge in [-0.1, -0.05) is 0 Å². The highest BCUT2D eigenvalue weighted by atomic mass is 16.7. The minimum absolute atomic E-state index is 0.170. The van der Waals surface area contributed by atoms with E-state index in [0.29, 0.717) is 0 Å². The molecule has 1 aliphatic rings. The van der Waals surface area contributed by atoms with Crippen molar-refractivity contribution in [1.82, 2.24) is 0 Å². The number of methoxy groups -OCH3 is 1. The average molecular weight is 178 g/mol. The normalized spacial score (nSPS) is 43.0. The number of hydrogen-bond acceptors (Lipinski definition) is 5. The van der Waals surface area contributed by atoms with E-state index in [1.165, 1.54) is 7.11 Å². The van der Waals surface area contributed by atoms with Crippen molar-refractivity contribution in [3.05, 3.63) is 0 Å². The molecule has 1 saturated heterocycles. The minimum Gasteiger partial charge on any atom is -0.394 e. The third-order valence-electron chi connectivity index (χ3n) is 1.95. The molecule has 5 heteroatoms. The summed E-state index contributed by atoms with van der Waals surface area (Å²) in [4.78, 5) is 0. The summed E-state index contributed by atoms with van der Waals surface area (Å²) in [6.07, 6.45) is -2.88. The van der Waals surface area contributed by atoms with Crippen LogP contribution >= 0.6 is 0 Å². The summed E-state index contributed by atoms with van der Waals surface area (Å²) >= 11 is 0. The van der Waals surface area contributed by atoms with Crippen molar-refractivity contribution in [2.75, 3.05) is 13.7 Å². The van der Waals surface area contributed by atoms with Crippen LogP contribution in [0.4, 0.5) is 0 Å². The first-order valence-electron chi connectivity index (χ1n) is 3.84. The molecule has 0 saturated carbocycles. The van der Waals surface area contributed by atoms with E-state index in [0.717, 1.165) is 0 Å². The standard InChI is InChI=1S/C7H14O5/c1-11-7-5(10)2-4(9)6(3-8)12-7/h4-10H,2-3H2,1H3/t4-,5+,6-,7+/m1/s1. The highest BCUT2D eigenvalue weighted by Gasteiger charge is 2.35. The van der Waals surface area contributed by atoms with Gasteiger partial charge in [-0.25, -0.2) is 0 Å². The van der Waals surface area contributed by atoms with Gasteiger partial charge < -0.3 is 24.8 Å². The lowest BCUT2D eigenvalue weighted by Gasteiger charge is -2.35. The van der Waals surface area contributed by atoms with Crippen LogP contribution in [0.1, 0.15) is 6.42 Å². The molecule has 0 unspecified atom stereocenters. The fourth-order valence-corrected chi connectivity index (χ4v) is 1.24. The van der Waals surface area contributed by atoms with Crippen molar-refractivity contribution >= 4 is 0 Å². The van der Waals surface area contributed by atoms with Gasteiger partial charge in [0.1, 0.15) is 12.2 Å². The summed E-state index contributed by atoms with van der Waals surface area (Å²) in [5.74, 6) is 0. The van der Waals surface area contributed by atoms with E-state index in [1.54, 1.807) is 0 Å². The zero-order chi connectivity index (χ0) is 9.14. The van der Waals surface area contributed by atoms with Crippen molar-refractivity contribution in [2.45, 2.75) is 31.0 Å². The van der Waals surface area contributed by atoms with Gasteiger partial charge in [-0.3, -0.25) is 0 Å². The summed E-state index contributed by atoms with van der Waals surface area (Å²) < 4.78 is 9.83. The Morgan fingerprint density at radius 3 is 2.58 bits per heavy atom. The maximum absolute atomic E-state index is 9.26. The summed E-state index contributed by atoms with van der Waals surface area (Å²) in [5, 5.41) is 27.3. The van der Waals surface area contributed by atoms with Crippen LogP contribution in [0, 0.1) is 0 Å². The molecule has 1 fully saturated rings. The molecule has 3 N–H and O–H groups in total. The van der Waals surface area contributed by atoms with E-state index in [4.69, 9.17) is 14.6 Å². The highest BCUT2D eigenvalue weighted by molar-refractivity contribution is 4.80. The number of rotatable bonds is 2. The third-order valence-corrected chi connectivity index (χ3v) is 1.95. The van der Waals surface area contributed by atoms with E-state index < -0.39 is 24.6 Å². The number of hydrogen-bond donors (Lipinski definition) is 3. The topological polar surface area (TPSA) is 79.2 Å². The molecule has 0 spiro atoms. The van der Waals surface area contributed by atoms with Crippen LogP contribution in [0.25, 0.3) is 0 Å². The Hall–Kier alpha value is -0.200. The van der Waals surface area contributed by atoms with Gasteiger partial charge in [0.25, 0.3) is 0 Å². The lowest BCUT2D eigenvalue weighted by molar-refractivity contribution is -0.261. The molecule has 72 valence electrons. The first-order chi connectivity index (χ1) is 5.69. The summed E-state index contributed by atoms with van der Waals surface area (Å²) in [7, 11) is 1.40. The van der Waals surface area contributed by atoms with Crippen LogP contribution in [0.3, 0.4) is 0 Å². The van der Waals surface area contributed by atoms with Gasteiger partial charge in [-0.2, -0.15) is 0 Å². The maximum Gasteiger partial charge on any atom is 0.183 e. The Labute approximate surface area is 70.5 Å². The summed E-state index contributed by atoms with van der Waals surface area (Å²) in [6, 6.07) is 0. The first kappa shape index (κ1) is 9.88. The predicted molar refractivity (Wildman–Crippen MR) is 39.4 cm³/mol. The van der Waals surface area contributed by atoms with Crippen molar-refractivity contribution in [2.24, 2.45) is 0 Å². The van der Waals surface area contributed by atoms with Crippen LogP contribution in [-0.4, -0.2) is 53.6 Å². The lowest BCUT2D eigenvalue weighted by Crippen LogP contribution is -2.49. The van der Waals surface area contributed by atoms with Gasteiger partial charge in [-0.05, 0) is 0 Å². The Morgan fingerprint density at radius 2 is 2.08 bits per heavy atom. The van der Waals surface area contributed by atoms with Crippen molar-refractivity contribution in [3.8, 4) is 0 Å². The number of aliphatic hydroxyl groups is 3. The van der Waals surface area contributed by atoms with Crippen LogP contribution in [0.5, 0.6) is 0 Å². The zero-order valence-corrected chi connectivity index (χ0v) is 6.88. The molecule has 0 aromatic carbocycles. The molecule has 5 nitrogen and oxygen atoms in total. The molecule has 0 bridgehead atoms. The molecule has 1 rings (SSSR count). The van der Waals surface area contributed by atoms with Crippen molar-refractivity contribution in [1.29, 1.82) is 0 Å². The molecule has 1 heterocycles. The molecular formula is C7H14O5. The molecular weight excluding hydrogens is 164 g/mol. The van der Waals surface area contributed by atoms with Crippen LogP contribution < -0.4 is 0 Å². The van der Waals surface area contributed by atoms with E-state index in [2.05, 4.69) is 0 Å². The molecule has 4 atom stereocenters. The van der Waals surface area contributed by atoms with Gasteiger partial charge in [0, 0.05) is 13.5 Å². The van der Waals surface area contributed by atoms with Crippen molar-refractivity contribution < 1.29 is 24.8 Å². The maximum atomic E-state index is 9.26. The van der Waals surface area contributed by atoms with Gasteiger partial charge in [0.15, 0.2) is 6.29 Å². The average Bonchev–Trinajstić information content (AvgIpc) is 2.05. The smallest absolute Gasteiger partial charge is 0.183 e. The highest BCUT2D eigenvalue weighted by Crippen LogP contribution is 2.20. The summed E-state index contributed by atoms with van der Waals surface area (Å²) in [6.45, 7) is -0.270. The Balaban J connectivity index is 2.50. The summed E-state index contributed by atoms with van der Waals surface area (Å²) in [5.41, 5.74) is 0. The van der Waals surface area contributed by atoms with Gasteiger partial charge in [0.05, 0.1) is 12.7 Å². The second kappa shape index (κ2) is 4.15. The first-order valence-corrected chi connectivity index (χ1v) is 3.84. The van der Waals surface area contributed by atoms with E-state index in [1.807, 2.05) is 0 Å². The molecule has 0 amide bonds. The van der Waals surface area contributed by atoms with Crippen LogP contribution in [-0.2, 0) is 9.47 Å². The van der Waals surface area contributed by atoms with Crippen LogP contribution in [0.2, 0.25) is 0 Å². The molecule has 0 aliphatic carbocycles. The van der Waals surface area contributed by atoms with Crippen molar-refractivity contribution in [3.63, 3.8) is 0 Å². The monoisotopic (exact) mass is 178 g/mol. The zero-order valence-electron chi connectivity index (χ0n) is 6.88. The Kier molecular flexibility index (Phi) is 3.42. The van der Waals surface area contributed by atoms with Gasteiger partial charge in [0.2, 0.25) is 0 Å². The minimum atomic E-state index is -0.826. The number of ether oxygens (including phenoxy) is 2. The third kappa shape index (κ3) is 1.94. The second-order valence-corrected chi connectivity index (χ2v) is 2.83. The predicted octanol–water partition coefficient (Wildman–Crippen LogP) is -1.54. The van der Waals surface area contributed by atoms with Gasteiger partial charge in [-0.15, -0.1) is 0 Å².